The molecular formula is C12H18O. The highest BCUT2D eigenvalue weighted by Gasteiger charge is 2.38. The van der Waals surface area contributed by atoms with Crippen molar-refractivity contribution in [2.45, 2.75) is 33.3 Å². The molecule has 0 spiro atoms. The second kappa shape index (κ2) is 2.71. The van der Waals surface area contributed by atoms with E-state index < -0.39 is 0 Å². The van der Waals surface area contributed by atoms with Gasteiger partial charge in [0.25, 0.3) is 0 Å². The van der Waals surface area contributed by atoms with E-state index in [2.05, 4.69) is 32.1 Å². The van der Waals surface area contributed by atoms with Gasteiger partial charge < -0.3 is 5.11 Å². The van der Waals surface area contributed by atoms with Crippen LogP contribution in [0.15, 0.2) is 23.8 Å². The minimum Gasteiger partial charge on any atom is -0.393 e. The molecule has 3 unspecified atom stereocenters. The van der Waals surface area contributed by atoms with Crippen LogP contribution in [0.3, 0.4) is 0 Å². The third-order valence-electron chi connectivity index (χ3n) is 3.60. The number of aliphatic hydroxyl groups is 1. The summed E-state index contributed by atoms with van der Waals surface area (Å²) >= 11 is 0. The maximum Gasteiger partial charge on any atom is 0.0603 e. The maximum atomic E-state index is 9.66. The van der Waals surface area contributed by atoms with Gasteiger partial charge in [-0.3, -0.25) is 0 Å². The van der Waals surface area contributed by atoms with Crippen LogP contribution < -0.4 is 0 Å². The molecule has 0 aromatic rings. The van der Waals surface area contributed by atoms with Gasteiger partial charge in [0.05, 0.1) is 6.10 Å². The Hall–Kier alpha value is -0.560. The monoisotopic (exact) mass is 178 g/mol. The molecule has 3 atom stereocenters. The highest BCUT2D eigenvalue weighted by atomic mass is 16.3. The average Bonchev–Trinajstić information content (AvgIpc) is 2.80. The Morgan fingerprint density at radius 1 is 1.46 bits per heavy atom. The van der Waals surface area contributed by atoms with Gasteiger partial charge in [0.15, 0.2) is 0 Å². The molecular weight excluding hydrogens is 160 g/mol. The van der Waals surface area contributed by atoms with Gasteiger partial charge in [-0.05, 0) is 30.8 Å². The van der Waals surface area contributed by atoms with Crippen LogP contribution >= 0.6 is 0 Å². The van der Waals surface area contributed by atoms with Gasteiger partial charge in [-0.2, -0.15) is 0 Å². The molecule has 1 heteroatoms. The largest absolute Gasteiger partial charge is 0.393 e. The van der Waals surface area contributed by atoms with E-state index >= 15 is 0 Å². The number of hydrogen-bond donors (Lipinski definition) is 1. The topological polar surface area (TPSA) is 20.2 Å². The fourth-order valence-corrected chi connectivity index (χ4v) is 1.83. The summed E-state index contributed by atoms with van der Waals surface area (Å²) in [6, 6.07) is 0. The Morgan fingerprint density at radius 2 is 2.15 bits per heavy atom. The van der Waals surface area contributed by atoms with Gasteiger partial charge in [-0.15, -0.1) is 0 Å². The van der Waals surface area contributed by atoms with Crippen LogP contribution in [0.5, 0.6) is 0 Å². The molecule has 2 rings (SSSR count). The summed E-state index contributed by atoms with van der Waals surface area (Å²) in [5, 5.41) is 9.66. The summed E-state index contributed by atoms with van der Waals surface area (Å²) in [7, 11) is 0. The van der Waals surface area contributed by atoms with Gasteiger partial charge in [-0.1, -0.05) is 32.1 Å². The molecule has 0 heterocycles. The highest BCUT2D eigenvalue weighted by molar-refractivity contribution is 5.35. The van der Waals surface area contributed by atoms with Crippen LogP contribution in [0, 0.1) is 17.3 Å². The average molecular weight is 178 g/mol. The lowest BCUT2D eigenvalue weighted by molar-refractivity contribution is 0.0936. The predicted molar refractivity (Wildman–Crippen MR) is 54.3 cm³/mol. The fraction of sp³-hybridized carbons (Fsp3) is 0.667. The maximum absolute atomic E-state index is 9.66. The highest BCUT2D eigenvalue weighted by Crippen LogP contribution is 2.47. The van der Waals surface area contributed by atoms with Crippen LogP contribution in [0.4, 0.5) is 0 Å². The Labute approximate surface area is 80.2 Å². The zero-order valence-electron chi connectivity index (χ0n) is 8.62. The SMILES string of the molecule is CC(O)C(C)(C)C1=CC2CC2C=C1. The van der Waals surface area contributed by atoms with Crippen molar-refractivity contribution in [1.82, 2.24) is 0 Å². The first kappa shape index (κ1) is 9.01. The summed E-state index contributed by atoms with van der Waals surface area (Å²) in [6.07, 6.45) is 7.87. The lowest BCUT2D eigenvalue weighted by atomic mass is 9.77. The molecule has 0 aromatic heterocycles. The van der Waals surface area contributed by atoms with E-state index in [4.69, 9.17) is 0 Å². The first-order valence-corrected chi connectivity index (χ1v) is 5.10. The predicted octanol–water partition coefficient (Wildman–Crippen LogP) is 2.53. The minimum absolute atomic E-state index is 0.0932. The van der Waals surface area contributed by atoms with Crippen molar-refractivity contribution in [3.8, 4) is 0 Å². The van der Waals surface area contributed by atoms with Crippen molar-refractivity contribution < 1.29 is 5.11 Å². The summed E-state index contributed by atoms with van der Waals surface area (Å²) in [5.74, 6) is 1.59. The lowest BCUT2D eigenvalue weighted by Gasteiger charge is -2.30. The molecule has 0 saturated heterocycles. The normalized spacial score (nSPS) is 33.7. The lowest BCUT2D eigenvalue weighted by Crippen LogP contribution is -2.28. The van der Waals surface area contributed by atoms with E-state index in [1.54, 1.807) is 0 Å². The third kappa shape index (κ3) is 1.46. The second-order valence-corrected chi connectivity index (χ2v) is 4.94. The first-order valence-electron chi connectivity index (χ1n) is 5.10. The summed E-state index contributed by atoms with van der Waals surface area (Å²) in [4.78, 5) is 0. The van der Waals surface area contributed by atoms with Crippen LogP contribution in [0.1, 0.15) is 27.2 Å². The molecule has 0 radical (unpaired) electrons. The fourth-order valence-electron chi connectivity index (χ4n) is 1.83. The van der Waals surface area contributed by atoms with Gasteiger partial charge in [0, 0.05) is 5.41 Å². The molecule has 1 fully saturated rings. The van der Waals surface area contributed by atoms with Crippen LogP contribution in [0.25, 0.3) is 0 Å². The van der Waals surface area contributed by atoms with E-state index in [0.29, 0.717) is 0 Å². The van der Waals surface area contributed by atoms with Crippen LogP contribution in [0.2, 0.25) is 0 Å². The van der Waals surface area contributed by atoms with E-state index in [9.17, 15) is 5.11 Å². The molecule has 2 aliphatic rings. The minimum atomic E-state index is -0.279. The Bertz CT molecular complexity index is 271. The summed E-state index contributed by atoms with van der Waals surface area (Å²) < 4.78 is 0. The van der Waals surface area contributed by atoms with Crippen LogP contribution in [-0.2, 0) is 0 Å². The van der Waals surface area contributed by atoms with Crippen LogP contribution in [-0.4, -0.2) is 11.2 Å². The van der Waals surface area contributed by atoms with Crippen molar-refractivity contribution in [1.29, 1.82) is 0 Å². The van der Waals surface area contributed by atoms with E-state index in [1.807, 2.05) is 6.92 Å². The number of aliphatic hydroxyl groups excluding tert-OH is 1. The number of rotatable bonds is 2. The molecule has 0 aliphatic heterocycles. The van der Waals surface area contributed by atoms with Crippen molar-refractivity contribution in [2.75, 3.05) is 0 Å². The van der Waals surface area contributed by atoms with E-state index in [0.717, 1.165) is 11.8 Å². The zero-order valence-corrected chi connectivity index (χ0v) is 8.62. The molecule has 0 amide bonds. The summed E-state index contributed by atoms with van der Waals surface area (Å²) in [5.41, 5.74) is 1.21. The molecule has 0 bridgehead atoms. The summed E-state index contributed by atoms with van der Waals surface area (Å²) in [6.45, 7) is 6.08. The first-order chi connectivity index (χ1) is 6.01. The van der Waals surface area contributed by atoms with Crippen molar-refractivity contribution in [2.24, 2.45) is 17.3 Å². The van der Waals surface area contributed by atoms with Crippen molar-refractivity contribution in [3.05, 3.63) is 23.8 Å². The van der Waals surface area contributed by atoms with Crippen molar-refractivity contribution in [3.63, 3.8) is 0 Å². The smallest absolute Gasteiger partial charge is 0.0603 e. The third-order valence-corrected chi connectivity index (χ3v) is 3.60. The Morgan fingerprint density at radius 3 is 2.69 bits per heavy atom. The second-order valence-electron chi connectivity index (χ2n) is 4.94. The van der Waals surface area contributed by atoms with E-state index in [1.165, 1.54) is 12.0 Å². The van der Waals surface area contributed by atoms with Gasteiger partial charge >= 0.3 is 0 Å². The van der Waals surface area contributed by atoms with Gasteiger partial charge in [-0.25, -0.2) is 0 Å². The molecule has 1 saturated carbocycles. The number of hydrogen-bond acceptors (Lipinski definition) is 1. The quantitative estimate of drug-likeness (QED) is 0.689. The molecule has 13 heavy (non-hydrogen) atoms. The Balaban J connectivity index is 2.21. The molecule has 2 aliphatic carbocycles. The van der Waals surface area contributed by atoms with Gasteiger partial charge in [0.1, 0.15) is 0 Å². The Kier molecular flexibility index (Phi) is 1.88. The molecule has 72 valence electrons. The molecule has 1 nitrogen and oxygen atoms in total. The van der Waals surface area contributed by atoms with Crippen molar-refractivity contribution >= 4 is 0 Å². The van der Waals surface area contributed by atoms with Gasteiger partial charge in [0.2, 0.25) is 0 Å². The number of fused-ring (bicyclic) bond motifs is 1. The molecule has 1 N–H and O–H groups in total. The zero-order chi connectivity index (χ0) is 9.64. The molecule has 0 aromatic carbocycles. The standard InChI is InChI=1S/C12H18O/c1-8(13)12(2,3)11-5-4-9-6-10(9)7-11/h4-5,7-10,13H,6H2,1-3H3. The van der Waals surface area contributed by atoms with E-state index in [-0.39, 0.29) is 11.5 Å². The number of allylic oxidation sites excluding steroid dienone is 3.